The normalized spacial score (nSPS) is 25.3. The van der Waals surface area contributed by atoms with Crippen molar-refractivity contribution in [3.8, 4) is 0 Å². The van der Waals surface area contributed by atoms with Gasteiger partial charge in [0.1, 0.15) is 0 Å². The fraction of sp³-hybridized carbons (Fsp3) is 0.591. The highest BCUT2D eigenvalue weighted by Crippen LogP contribution is 2.35. The van der Waals surface area contributed by atoms with Crippen LogP contribution in [0.5, 0.6) is 0 Å². The van der Waals surface area contributed by atoms with Crippen molar-refractivity contribution < 1.29 is 9.59 Å². The number of aromatic nitrogens is 1. The molecule has 1 aromatic rings. The number of pyridine rings is 1. The monoisotopic (exact) mass is 384 g/mol. The van der Waals surface area contributed by atoms with Crippen LogP contribution in [-0.4, -0.2) is 65.4 Å². The van der Waals surface area contributed by atoms with Gasteiger partial charge < -0.3 is 10.2 Å². The van der Waals surface area contributed by atoms with Gasteiger partial charge >= 0.3 is 6.03 Å². The van der Waals surface area contributed by atoms with Crippen LogP contribution in [0.15, 0.2) is 36.7 Å². The van der Waals surface area contributed by atoms with Crippen LogP contribution in [0.25, 0.3) is 0 Å². The molecule has 3 atom stereocenters. The molecule has 3 rings (SSSR count). The predicted octanol–water partition coefficient (Wildman–Crippen LogP) is 2.65. The number of hydrogen-bond acceptors (Lipinski definition) is 4. The summed E-state index contributed by atoms with van der Waals surface area (Å²) in [6.07, 6.45) is 7.63. The van der Waals surface area contributed by atoms with E-state index in [9.17, 15) is 9.59 Å². The summed E-state index contributed by atoms with van der Waals surface area (Å²) < 4.78 is 0. The van der Waals surface area contributed by atoms with Crippen LogP contribution in [0.4, 0.5) is 4.79 Å². The number of carbonyl (C=O) groups is 2. The Kier molecular flexibility index (Phi) is 6.83. The molecule has 152 valence electrons. The number of nitrogens with one attached hydrogen (secondary N) is 1. The average molecular weight is 385 g/mol. The second-order valence-corrected chi connectivity index (χ2v) is 8.17. The molecule has 0 aromatic carbocycles. The van der Waals surface area contributed by atoms with E-state index in [0.29, 0.717) is 24.9 Å². The fourth-order valence-corrected chi connectivity index (χ4v) is 4.46. The second kappa shape index (κ2) is 9.32. The third kappa shape index (κ3) is 4.98. The first kappa shape index (κ1) is 20.5. The number of fused-ring (bicyclic) bond motifs is 1. The number of likely N-dealkylation sites (tertiary alicyclic amines) is 1. The molecule has 2 fully saturated rings. The maximum Gasteiger partial charge on any atom is 0.317 e. The largest absolute Gasteiger partial charge is 0.334 e. The van der Waals surface area contributed by atoms with E-state index in [4.69, 9.17) is 0 Å². The highest BCUT2D eigenvalue weighted by Gasteiger charge is 2.41. The van der Waals surface area contributed by atoms with Crippen molar-refractivity contribution in [2.45, 2.75) is 51.1 Å². The Morgan fingerprint density at radius 2 is 2.11 bits per heavy atom. The van der Waals surface area contributed by atoms with Crippen molar-refractivity contribution in [3.63, 3.8) is 0 Å². The number of amides is 2. The molecule has 1 aromatic heterocycles. The number of likely N-dealkylation sites (N-methyl/N-ethyl adjacent to an activating group) is 1. The SMILES string of the molecule is C=C1C[C@@H]2[C@@H](CC1=O)C[C@H](NC(=O)N(C)CCc1ccncc1)CN2CCC. The van der Waals surface area contributed by atoms with Crippen molar-refractivity contribution in [2.75, 3.05) is 26.7 Å². The molecule has 0 spiro atoms. The number of hydrogen-bond donors (Lipinski definition) is 1. The van der Waals surface area contributed by atoms with E-state index in [0.717, 1.165) is 44.3 Å². The standard InChI is InChI=1S/C22H32N4O2/c1-4-10-26-15-19(13-18-14-21(27)16(2)12-20(18)26)24-22(28)25(3)11-7-17-5-8-23-9-6-17/h5-6,8-9,18-20H,2,4,7,10-15H2,1,3H3,(H,24,28)/t18-,19+,20-/m1/s1. The molecule has 6 nitrogen and oxygen atoms in total. The van der Waals surface area contributed by atoms with Crippen LogP contribution < -0.4 is 5.32 Å². The molecule has 2 amide bonds. The summed E-state index contributed by atoms with van der Waals surface area (Å²) in [5.74, 6) is 0.505. The van der Waals surface area contributed by atoms with Crippen molar-refractivity contribution >= 4 is 11.8 Å². The Balaban J connectivity index is 1.56. The lowest BCUT2D eigenvalue weighted by molar-refractivity contribution is -0.119. The average Bonchev–Trinajstić information content (AvgIpc) is 2.68. The maximum atomic E-state index is 12.7. The first-order chi connectivity index (χ1) is 13.5. The van der Waals surface area contributed by atoms with E-state index in [1.807, 2.05) is 19.2 Å². The minimum Gasteiger partial charge on any atom is -0.334 e. The first-order valence-corrected chi connectivity index (χ1v) is 10.3. The summed E-state index contributed by atoms with van der Waals surface area (Å²) >= 11 is 0. The predicted molar refractivity (Wildman–Crippen MR) is 110 cm³/mol. The highest BCUT2D eigenvalue weighted by atomic mass is 16.2. The number of nitrogens with zero attached hydrogens (tertiary/aromatic N) is 3. The number of urea groups is 1. The number of piperidine rings is 1. The molecule has 0 unspecified atom stereocenters. The van der Waals surface area contributed by atoms with Gasteiger partial charge in [-0.2, -0.15) is 0 Å². The first-order valence-electron chi connectivity index (χ1n) is 10.3. The smallest absolute Gasteiger partial charge is 0.317 e. The highest BCUT2D eigenvalue weighted by molar-refractivity contribution is 5.95. The fourth-order valence-electron chi connectivity index (χ4n) is 4.46. The van der Waals surface area contributed by atoms with Crippen molar-refractivity contribution in [1.82, 2.24) is 20.1 Å². The lowest BCUT2D eigenvalue weighted by atomic mass is 9.74. The summed E-state index contributed by atoms with van der Waals surface area (Å²) in [5.41, 5.74) is 1.94. The van der Waals surface area contributed by atoms with E-state index < -0.39 is 0 Å². The minimum atomic E-state index is -0.0412. The molecule has 1 aliphatic heterocycles. The molecule has 1 N–H and O–H groups in total. The maximum absolute atomic E-state index is 12.7. The summed E-state index contributed by atoms with van der Waals surface area (Å²) in [7, 11) is 1.83. The zero-order valence-electron chi connectivity index (χ0n) is 17.1. The van der Waals surface area contributed by atoms with Gasteiger partial charge in [0, 0.05) is 51.0 Å². The Hall–Kier alpha value is -2.21. The van der Waals surface area contributed by atoms with Gasteiger partial charge in [0.15, 0.2) is 5.78 Å². The van der Waals surface area contributed by atoms with Crippen molar-refractivity contribution in [2.24, 2.45) is 5.92 Å². The minimum absolute atomic E-state index is 0.0412. The van der Waals surface area contributed by atoms with E-state index in [2.05, 4.69) is 28.7 Å². The van der Waals surface area contributed by atoms with Crippen molar-refractivity contribution in [1.29, 1.82) is 0 Å². The summed E-state index contributed by atoms with van der Waals surface area (Å²) in [6.45, 7) is 8.63. The van der Waals surface area contributed by atoms with Crippen LogP contribution in [0.1, 0.15) is 38.2 Å². The molecule has 2 heterocycles. The van der Waals surface area contributed by atoms with Crippen LogP contribution in [-0.2, 0) is 11.2 Å². The van der Waals surface area contributed by atoms with Crippen molar-refractivity contribution in [3.05, 3.63) is 42.2 Å². The Labute approximate surface area is 168 Å². The summed E-state index contributed by atoms with van der Waals surface area (Å²) in [4.78, 5) is 33.0. The zero-order valence-corrected chi connectivity index (χ0v) is 17.1. The Morgan fingerprint density at radius 1 is 1.36 bits per heavy atom. The molecule has 28 heavy (non-hydrogen) atoms. The van der Waals surface area contributed by atoms with Gasteiger partial charge in [-0.1, -0.05) is 13.5 Å². The van der Waals surface area contributed by atoms with Crippen LogP contribution in [0.3, 0.4) is 0 Å². The van der Waals surface area contributed by atoms with Gasteiger partial charge in [0.25, 0.3) is 0 Å². The molecule has 1 saturated heterocycles. The number of rotatable bonds is 6. The molecular weight excluding hydrogens is 352 g/mol. The van der Waals surface area contributed by atoms with E-state index >= 15 is 0 Å². The lowest BCUT2D eigenvalue weighted by Crippen LogP contribution is -2.58. The third-order valence-electron chi connectivity index (χ3n) is 6.02. The van der Waals surface area contributed by atoms with E-state index in [-0.39, 0.29) is 17.9 Å². The van der Waals surface area contributed by atoms with Gasteiger partial charge in [-0.05, 0) is 61.4 Å². The molecule has 1 aliphatic carbocycles. The summed E-state index contributed by atoms with van der Waals surface area (Å²) in [5, 5.41) is 3.20. The lowest BCUT2D eigenvalue weighted by Gasteiger charge is -2.47. The topological polar surface area (TPSA) is 65.5 Å². The van der Waals surface area contributed by atoms with Gasteiger partial charge in [-0.15, -0.1) is 0 Å². The van der Waals surface area contributed by atoms with Gasteiger partial charge in [0.2, 0.25) is 0 Å². The molecule has 2 aliphatic rings. The quantitative estimate of drug-likeness (QED) is 0.766. The van der Waals surface area contributed by atoms with Gasteiger partial charge in [-0.3, -0.25) is 14.7 Å². The van der Waals surface area contributed by atoms with E-state index in [1.54, 1.807) is 17.3 Å². The molecule has 0 radical (unpaired) electrons. The third-order valence-corrected chi connectivity index (χ3v) is 6.02. The Morgan fingerprint density at radius 3 is 2.82 bits per heavy atom. The van der Waals surface area contributed by atoms with Crippen LogP contribution >= 0.6 is 0 Å². The van der Waals surface area contributed by atoms with Crippen LogP contribution in [0, 0.1) is 5.92 Å². The number of ketones is 1. The Bertz CT molecular complexity index is 706. The van der Waals surface area contributed by atoms with Gasteiger partial charge in [-0.25, -0.2) is 4.79 Å². The van der Waals surface area contributed by atoms with Gasteiger partial charge in [0.05, 0.1) is 0 Å². The van der Waals surface area contributed by atoms with E-state index in [1.165, 1.54) is 5.56 Å². The number of carbonyl (C=O) groups excluding carboxylic acids is 2. The molecule has 1 saturated carbocycles. The molecule has 0 bridgehead atoms. The summed E-state index contributed by atoms with van der Waals surface area (Å²) in [6, 6.07) is 4.39. The molecular formula is C22H32N4O2. The molecule has 6 heteroatoms. The van der Waals surface area contributed by atoms with Crippen LogP contribution in [0.2, 0.25) is 0 Å². The number of Topliss-reactive ketones (excluding diaryl/α,β-unsaturated/α-hetero) is 1. The zero-order chi connectivity index (χ0) is 20.1. The second-order valence-electron chi connectivity index (χ2n) is 8.17.